The van der Waals surface area contributed by atoms with Crippen molar-refractivity contribution in [1.29, 1.82) is 0 Å². The molecule has 5 nitrogen and oxygen atoms in total. The molecule has 0 saturated carbocycles. The van der Waals surface area contributed by atoms with Gasteiger partial charge in [-0.15, -0.1) is 0 Å². The fourth-order valence-electron chi connectivity index (χ4n) is 1.93. The molecule has 10 heteroatoms. The molecular weight excluding hydrogens is 396 g/mol. The summed E-state index contributed by atoms with van der Waals surface area (Å²) in [6.45, 7) is 0. The predicted octanol–water partition coefficient (Wildman–Crippen LogP) is 5.57. The predicted molar refractivity (Wildman–Crippen MR) is 92.2 cm³/mol. The highest BCUT2D eigenvalue weighted by Crippen LogP contribution is 2.35. The molecule has 0 spiro atoms. The van der Waals surface area contributed by atoms with Gasteiger partial charge in [0.1, 0.15) is 0 Å². The van der Waals surface area contributed by atoms with Crippen molar-refractivity contribution in [2.75, 3.05) is 5.32 Å². The average molecular weight is 405 g/mol. The summed E-state index contributed by atoms with van der Waals surface area (Å²) in [6.07, 6.45) is -2.45. The molecule has 0 heterocycles. The van der Waals surface area contributed by atoms with E-state index in [2.05, 4.69) is 5.32 Å². The van der Waals surface area contributed by atoms with E-state index < -0.39 is 27.6 Å². The van der Waals surface area contributed by atoms with Crippen molar-refractivity contribution in [1.82, 2.24) is 0 Å². The number of alkyl halides is 3. The molecule has 26 heavy (non-hydrogen) atoms. The zero-order valence-corrected chi connectivity index (χ0v) is 14.2. The Morgan fingerprint density at radius 2 is 1.81 bits per heavy atom. The Labute approximate surface area is 155 Å². The van der Waals surface area contributed by atoms with Gasteiger partial charge >= 0.3 is 6.18 Å². The molecule has 2 aromatic carbocycles. The molecule has 0 saturated heterocycles. The van der Waals surface area contributed by atoms with Crippen LogP contribution in [0.5, 0.6) is 0 Å². The molecule has 0 aliphatic carbocycles. The summed E-state index contributed by atoms with van der Waals surface area (Å²) < 4.78 is 38.4. The molecule has 0 radical (unpaired) electrons. The van der Waals surface area contributed by atoms with E-state index in [0.717, 1.165) is 30.3 Å². The lowest BCUT2D eigenvalue weighted by Gasteiger charge is -2.09. The van der Waals surface area contributed by atoms with Gasteiger partial charge < -0.3 is 5.32 Å². The van der Waals surface area contributed by atoms with Crippen molar-refractivity contribution in [2.45, 2.75) is 6.18 Å². The lowest BCUT2D eigenvalue weighted by molar-refractivity contribution is -0.384. The molecule has 0 aliphatic rings. The molecule has 1 N–H and O–H groups in total. The van der Waals surface area contributed by atoms with Crippen molar-refractivity contribution in [3.05, 3.63) is 73.8 Å². The second-order valence-corrected chi connectivity index (χ2v) is 5.80. The van der Waals surface area contributed by atoms with Gasteiger partial charge in [-0.1, -0.05) is 29.3 Å². The van der Waals surface area contributed by atoms with Crippen LogP contribution in [-0.4, -0.2) is 10.8 Å². The summed E-state index contributed by atoms with van der Waals surface area (Å²) in [5, 5.41) is 12.5. The number of anilines is 1. The quantitative estimate of drug-likeness (QED) is 0.411. The van der Waals surface area contributed by atoms with Gasteiger partial charge in [-0.3, -0.25) is 14.9 Å². The fourth-order valence-corrected chi connectivity index (χ4v) is 2.38. The second kappa shape index (κ2) is 7.76. The molecular formula is C16H9Cl2F3N2O3. The normalized spacial score (nSPS) is 11.6. The third-order valence-electron chi connectivity index (χ3n) is 3.14. The van der Waals surface area contributed by atoms with Gasteiger partial charge in [0.05, 0.1) is 26.2 Å². The molecule has 0 aromatic heterocycles. The number of nitrogens with one attached hydrogen (secondary N) is 1. The minimum atomic E-state index is -4.62. The summed E-state index contributed by atoms with van der Waals surface area (Å²) in [6, 6.07) is 6.67. The molecule has 136 valence electrons. The van der Waals surface area contributed by atoms with Crippen molar-refractivity contribution in [3.63, 3.8) is 0 Å². The molecule has 0 unspecified atom stereocenters. The lowest BCUT2D eigenvalue weighted by Crippen LogP contribution is -2.08. The number of hydrogen-bond donors (Lipinski definition) is 1. The maximum atomic E-state index is 12.8. The van der Waals surface area contributed by atoms with Gasteiger partial charge in [0.15, 0.2) is 0 Å². The van der Waals surface area contributed by atoms with Gasteiger partial charge in [-0.25, -0.2) is 0 Å². The van der Waals surface area contributed by atoms with Gasteiger partial charge in [-0.2, -0.15) is 13.2 Å². The topological polar surface area (TPSA) is 72.2 Å². The Balaban J connectivity index is 2.14. The third kappa shape index (κ3) is 4.96. The van der Waals surface area contributed by atoms with Crippen molar-refractivity contribution in [2.24, 2.45) is 0 Å². The first kappa shape index (κ1) is 19.7. The zero-order valence-electron chi connectivity index (χ0n) is 12.7. The van der Waals surface area contributed by atoms with Crippen LogP contribution in [0.25, 0.3) is 6.08 Å². The van der Waals surface area contributed by atoms with Crippen molar-refractivity contribution >= 4 is 46.6 Å². The number of carbonyl (C=O) groups excluding carboxylic acids is 1. The Bertz CT molecular complexity index is 899. The molecule has 0 aliphatic heterocycles. The summed E-state index contributed by atoms with van der Waals surface area (Å²) in [5.41, 5.74) is -1.02. The van der Waals surface area contributed by atoms with Crippen LogP contribution in [0.15, 0.2) is 42.5 Å². The number of hydrogen-bond acceptors (Lipinski definition) is 3. The highest BCUT2D eigenvalue weighted by Gasteiger charge is 2.33. The molecule has 1 amide bonds. The lowest BCUT2D eigenvalue weighted by atomic mass is 10.1. The molecule has 0 atom stereocenters. The van der Waals surface area contributed by atoms with E-state index in [9.17, 15) is 28.1 Å². The first-order chi connectivity index (χ1) is 12.1. The SMILES string of the molecule is O=C(/C=C/c1ccc(Cl)c(C(F)(F)F)c1)Nc1ccc([N+](=O)[O-])cc1Cl. The Morgan fingerprint density at radius 3 is 2.38 bits per heavy atom. The first-order valence-electron chi connectivity index (χ1n) is 6.87. The number of non-ortho nitro benzene ring substituents is 1. The van der Waals surface area contributed by atoms with Crippen LogP contribution in [0.4, 0.5) is 24.5 Å². The maximum Gasteiger partial charge on any atom is 0.417 e. The van der Waals surface area contributed by atoms with Crippen LogP contribution in [0, 0.1) is 10.1 Å². The van der Waals surface area contributed by atoms with Crippen LogP contribution in [0.2, 0.25) is 10.0 Å². The number of nitro groups is 1. The van der Waals surface area contributed by atoms with Crippen molar-refractivity contribution in [3.8, 4) is 0 Å². The van der Waals surface area contributed by atoms with E-state index in [1.807, 2.05) is 0 Å². The molecule has 0 bridgehead atoms. The van der Waals surface area contributed by atoms with Gasteiger partial charge in [0.25, 0.3) is 5.69 Å². The number of rotatable bonds is 4. The number of amides is 1. The standard InChI is InChI=1S/C16H9Cl2F3N2O3/c17-12-4-1-9(7-11(12)16(19,20)21)2-6-15(24)22-14-5-3-10(23(25)26)8-13(14)18/h1-8H,(H,22,24)/b6-2+. The molecule has 0 fully saturated rings. The van der Waals surface area contributed by atoms with Crippen LogP contribution in [0.1, 0.15) is 11.1 Å². The van der Waals surface area contributed by atoms with E-state index in [0.29, 0.717) is 0 Å². The van der Waals surface area contributed by atoms with Crippen LogP contribution in [-0.2, 0) is 11.0 Å². The average Bonchev–Trinajstić information content (AvgIpc) is 2.54. The van der Waals surface area contributed by atoms with E-state index in [-0.39, 0.29) is 22.0 Å². The number of benzene rings is 2. The van der Waals surface area contributed by atoms with Crippen LogP contribution < -0.4 is 5.32 Å². The van der Waals surface area contributed by atoms with Gasteiger partial charge in [0.2, 0.25) is 5.91 Å². The second-order valence-electron chi connectivity index (χ2n) is 4.98. The molecule has 2 aromatic rings. The number of nitrogens with zero attached hydrogens (tertiary/aromatic N) is 1. The highest BCUT2D eigenvalue weighted by molar-refractivity contribution is 6.34. The van der Waals surface area contributed by atoms with E-state index in [4.69, 9.17) is 23.2 Å². The fraction of sp³-hybridized carbons (Fsp3) is 0.0625. The summed E-state index contributed by atoms with van der Waals surface area (Å²) in [5.74, 6) is -0.677. The van der Waals surface area contributed by atoms with E-state index >= 15 is 0 Å². The van der Waals surface area contributed by atoms with Crippen LogP contribution >= 0.6 is 23.2 Å². The molecule has 2 rings (SSSR count). The van der Waals surface area contributed by atoms with E-state index in [1.165, 1.54) is 18.2 Å². The third-order valence-corrected chi connectivity index (χ3v) is 3.79. The highest BCUT2D eigenvalue weighted by atomic mass is 35.5. The summed E-state index contributed by atoms with van der Waals surface area (Å²) in [4.78, 5) is 21.9. The number of nitro benzene ring substituents is 1. The Morgan fingerprint density at radius 1 is 1.12 bits per heavy atom. The first-order valence-corrected chi connectivity index (χ1v) is 7.63. The summed E-state index contributed by atoms with van der Waals surface area (Å²) in [7, 11) is 0. The maximum absolute atomic E-state index is 12.8. The smallest absolute Gasteiger partial charge is 0.321 e. The summed E-state index contributed by atoms with van der Waals surface area (Å²) >= 11 is 11.4. The van der Waals surface area contributed by atoms with Crippen LogP contribution in [0.3, 0.4) is 0 Å². The monoisotopic (exact) mass is 404 g/mol. The van der Waals surface area contributed by atoms with Crippen molar-refractivity contribution < 1.29 is 22.9 Å². The van der Waals surface area contributed by atoms with E-state index in [1.54, 1.807) is 0 Å². The zero-order chi connectivity index (χ0) is 19.5. The minimum absolute atomic E-state index is 0.0493. The van der Waals surface area contributed by atoms with Gasteiger partial charge in [-0.05, 0) is 29.8 Å². The number of halogens is 5. The number of carbonyl (C=O) groups is 1. The Kier molecular flexibility index (Phi) is 5.89. The van der Waals surface area contributed by atoms with Gasteiger partial charge in [0, 0.05) is 18.2 Å². The largest absolute Gasteiger partial charge is 0.417 e. The Hall–Kier alpha value is -2.58. The minimum Gasteiger partial charge on any atom is -0.321 e.